The van der Waals surface area contributed by atoms with Gasteiger partial charge in [0, 0.05) is 51.0 Å². The molecule has 32 heavy (non-hydrogen) atoms. The highest BCUT2D eigenvalue weighted by Crippen LogP contribution is 2.39. The minimum Gasteiger partial charge on any atom is -0.301 e. The monoisotopic (exact) mass is 504 g/mol. The average Bonchev–Trinajstić information content (AvgIpc) is 3.18. The van der Waals surface area contributed by atoms with Crippen LogP contribution in [0.5, 0.6) is 0 Å². The van der Waals surface area contributed by atoms with Crippen molar-refractivity contribution in [2.24, 2.45) is 0 Å². The number of aldehydes is 1. The molecule has 2 fully saturated rings. The van der Waals surface area contributed by atoms with E-state index in [1.807, 2.05) is 18.2 Å². The molecule has 1 aromatic rings. The number of piperidine rings is 1. The summed E-state index contributed by atoms with van der Waals surface area (Å²) in [6, 6.07) is 4.60. The second kappa shape index (κ2) is 10.3. The molecule has 172 valence electrons. The van der Waals surface area contributed by atoms with Gasteiger partial charge in [0.2, 0.25) is 17.6 Å². The van der Waals surface area contributed by atoms with Gasteiger partial charge in [-0.05, 0) is 36.1 Å². The molecule has 0 saturated carbocycles. The van der Waals surface area contributed by atoms with E-state index in [4.69, 9.17) is 0 Å². The first-order valence-corrected chi connectivity index (χ1v) is 12.3. The Labute approximate surface area is 196 Å². The molecule has 3 aliphatic heterocycles. The van der Waals surface area contributed by atoms with Gasteiger partial charge in [-0.15, -0.1) is 0 Å². The van der Waals surface area contributed by atoms with Crippen molar-refractivity contribution in [3.05, 3.63) is 34.9 Å². The maximum absolute atomic E-state index is 12.8. The van der Waals surface area contributed by atoms with Crippen molar-refractivity contribution >= 4 is 39.8 Å². The number of benzene rings is 1. The lowest BCUT2D eigenvalue weighted by atomic mass is 9.94. The van der Waals surface area contributed by atoms with Gasteiger partial charge in [-0.3, -0.25) is 34.3 Å². The highest BCUT2D eigenvalue weighted by Gasteiger charge is 2.44. The molecule has 1 aromatic carbocycles. The number of hydrogen-bond donors (Lipinski definition) is 1. The third kappa shape index (κ3) is 4.85. The molecule has 1 N–H and O–H groups in total. The minimum absolute atomic E-state index is 0.234. The van der Waals surface area contributed by atoms with Crippen molar-refractivity contribution in [3.63, 3.8) is 0 Å². The van der Waals surface area contributed by atoms with Gasteiger partial charge >= 0.3 is 0 Å². The summed E-state index contributed by atoms with van der Waals surface area (Å²) in [5.74, 6) is -1.23. The van der Waals surface area contributed by atoms with Gasteiger partial charge in [-0.2, -0.15) is 0 Å². The fraction of sp³-hybridized carbons (Fsp3) is 0.565. The molecule has 2 amide bonds. The van der Waals surface area contributed by atoms with Crippen LogP contribution in [-0.4, -0.2) is 82.7 Å². The molecule has 3 aliphatic rings. The van der Waals surface area contributed by atoms with Gasteiger partial charge in [0.1, 0.15) is 6.04 Å². The smallest absolute Gasteiger partial charge is 0.243 e. The highest BCUT2D eigenvalue weighted by molar-refractivity contribution is 9.09. The number of alkyl halides is 1. The van der Waals surface area contributed by atoms with Gasteiger partial charge in [0.15, 0.2) is 6.29 Å². The first-order valence-electron chi connectivity index (χ1n) is 11.2. The van der Waals surface area contributed by atoms with E-state index in [1.165, 1.54) is 0 Å². The van der Waals surface area contributed by atoms with Crippen molar-refractivity contribution < 1.29 is 19.2 Å². The predicted octanol–water partition coefficient (Wildman–Crippen LogP) is 1.02. The number of rotatable bonds is 8. The van der Waals surface area contributed by atoms with E-state index in [0.29, 0.717) is 25.8 Å². The van der Waals surface area contributed by atoms with Crippen LogP contribution in [0.25, 0.3) is 0 Å². The number of Topliss-reactive ketones (excluding diaryl/α,β-unsaturated/α-hetero) is 1. The van der Waals surface area contributed by atoms with Gasteiger partial charge < -0.3 is 4.90 Å². The van der Waals surface area contributed by atoms with Crippen molar-refractivity contribution in [1.82, 2.24) is 20.0 Å². The molecular formula is C23H29BrN4O4. The van der Waals surface area contributed by atoms with Crippen molar-refractivity contribution in [1.29, 1.82) is 0 Å². The maximum Gasteiger partial charge on any atom is 0.243 e. The van der Waals surface area contributed by atoms with E-state index in [1.54, 1.807) is 4.90 Å². The summed E-state index contributed by atoms with van der Waals surface area (Å²) in [4.78, 5) is 55.1. The number of fused-ring (bicyclic) bond motifs is 1. The van der Waals surface area contributed by atoms with Crippen LogP contribution in [0.2, 0.25) is 0 Å². The Kier molecular flexibility index (Phi) is 7.50. The number of amides is 2. The van der Waals surface area contributed by atoms with Crippen LogP contribution in [-0.2, 0) is 32.3 Å². The number of nitrogens with zero attached hydrogens (tertiary/aromatic N) is 3. The highest BCUT2D eigenvalue weighted by atomic mass is 79.9. The van der Waals surface area contributed by atoms with E-state index in [0.717, 1.165) is 61.2 Å². The zero-order chi connectivity index (χ0) is 22.7. The summed E-state index contributed by atoms with van der Waals surface area (Å²) in [5.41, 5.74) is 2.87. The standard InChI is InChI=1S/C23H29BrN4O4/c24-7-2-8-26-9-11-27(12-10-26)13-16-3-1-4-17-14-28(22(21(16)17)19(30)15-29)18-5-6-20(31)25-23(18)32/h1,3-4,15,18,22H,2,5-14H2,(H,25,31,32). The van der Waals surface area contributed by atoms with Crippen LogP contribution in [0.4, 0.5) is 0 Å². The predicted molar refractivity (Wildman–Crippen MR) is 122 cm³/mol. The van der Waals surface area contributed by atoms with Crippen LogP contribution < -0.4 is 5.32 Å². The zero-order valence-electron chi connectivity index (χ0n) is 18.1. The van der Waals surface area contributed by atoms with Crippen molar-refractivity contribution in [2.45, 2.75) is 44.4 Å². The summed E-state index contributed by atoms with van der Waals surface area (Å²) in [5, 5.41) is 3.39. The molecule has 0 spiro atoms. The largest absolute Gasteiger partial charge is 0.301 e. The fourth-order valence-corrected chi connectivity index (χ4v) is 5.35. The van der Waals surface area contributed by atoms with Crippen LogP contribution >= 0.6 is 15.9 Å². The lowest BCUT2D eigenvalue weighted by Gasteiger charge is -2.35. The molecule has 8 nitrogen and oxygen atoms in total. The number of hydrogen-bond acceptors (Lipinski definition) is 7. The van der Waals surface area contributed by atoms with Crippen LogP contribution in [0.3, 0.4) is 0 Å². The number of carbonyl (C=O) groups is 4. The number of nitrogens with one attached hydrogen (secondary N) is 1. The summed E-state index contributed by atoms with van der Waals surface area (Å²) >= 11 is 3.49. The van der Waals surface area contributed by atoms with E-state index >= 15 is 0 Å². The number of piperazine rings is 1. The first kappa shape index (κ1) is 23.2. The summed E-state index contributed by atoms with van der Waals surface area (Å²) in [7, 11) is 0. The molecule has 4 rings (SSSR count). The van der Waals surface area contributed by atoms with Crippen LogP contribution in [0, 0.1) is 0 Å². The van der Waals surface area contributed by atoms with Crippen molar-refractivity contribution in [3.8, 4) is 0 Å². The van der Waals surface area contributed by atoms with Crippen molar-refractivity contribution in [2.75, 3.05) is 38.1 Å². The fourth-order valence-electron chi connectivity index (χ4n) is 5.10. The van der Waals surface area contributed by atoms with Gasteiger partial charge in [0.25, 0.3) is 0 Å². The van der Waals surface area contributed by atoms with Gasteiger partial charge in [-0.25, -0.2) is 0 Å². The summed E-state index contributed by atoms with van der Waals surface area (Å²) in [6.45, 7) is 6.16. The molecule has 0 radical (unpaired) electrons. The lowest BCUT2D eigenvalue weighted by Crippen LogP contribution is -2.52. The third-order valence-corrected chi connectivity index (χ3v) is 7.27. The number of halogens is 1. The molecule has 9 heteroatoms. The SMILES string of the molecule is O=CC(=O)C1c2c(CN3CCN(CCCBr)CC3)cccc2CN1C1CCC(=O)NC1=O. The van der Waals surface area contributed by atoms with Gasteiger partial charge in [0.05, 0.1) is 6.04 Å². The molecular weight excluding hydrogens is 476 g/mol. The molecule has 0 bridgehead atoms. The van der Waals surface area contributed by atoms with E-state index in [2.05, 4.69) is 31.0 Å². The Morgan fingerprint density at radius 3 is 2.59 bits per heavy atom. The molecule has 2 unspecified atom stereocenters. The number of imide groups is 1. The average molecular weight is 505 g/mol. The second-order valence-corrected chi connectivity index (χ2v) is 9.51. The number of carbonyl (C=O) groups excluding carboxylic acids is 4. The first-order chi connectivity index (χ1) is 15.5. The Bertz CT molecular complexity index is 900. The van der Waals surface area contributed by atoms with Crippen LogP contribution in [0.1, 0.15) is 42.0 Å². The Balaban J connectivity index is 1.53. The molecule has 0 aromatic heterocycles. The topological polar surface area (TPSA) is 90.0 Å². The second-order valence-electron chi connectivity index (χ2n) is 8.71. The Hall–Kier alpha value is -1.94. The summed E-state index contributed by atoms with van der Waals surface area (Å²) in [6.07, 6.45) is 2.08. The van der Waals surface area contributed by atoms with Crippen LogP contribution in [0.15, 0.2) is 18.2 Å². The third-order valence-electron chi connectivity index (χ3n) is 6.71. The van der Waals surface area contributed by atoms with E-state index in [9.17, 15) is 19.2 Å². The number of ketones is 1. The molecule has 3 heterocycles. The molecule has 2 atom stereocenters. The lowest BCUT2D eigenvalue weighted by molar-refractivity contribution is -0.141. The quantitative estimate of drug-likeness (QED) is 0.244. The normalized spacial score (nSPS) is 24.9. The molecule has 2 saturated heterocycles. The minimum atomic E-state index is -0.775. The maximum atomic E-state index is 12.8. The van der Waals surface area contributed by atoms with E-state index < -0.39 is 17.9 Å². The van der Waals surface area contributed by atoms with Gasteiger partial charge in [-0.1, -0.05) is 34.1 Å². The zero-order valence-corrected chi connectivity index (χ0v) is 19.7. The molecule has 0 aliphatic carbocycles. The Morgan fingerprint density at radius 2 is 1.91 bits per heavy atom. The summed E-state index contributed by atoms with van der Waals surface area (Å²) < 4.78 is 0. The Morgan fingerprint density at radius 1 is 1.16 bits per heavy atom. The van der Waals surface area contributed by atoms with E-state index in [-0.39, 0.29) is 18.2 Å².